The Morgan fingerprint density at radius 1 is 1.28 bits per heavy atom. The van der Waals surface area contributed by atoms with Gasteiger partial charge in [-0.2, -0.15) is 0 Å². The second-order valence-corrected chi connectivity index (χ2v) is 5.99. The van der Waals surface area contributed by atoms with Crippen molar-refractivity contribution in [2.24, 2.45) is 11.8 Å². The van der Waals surface area contributed by atoms with E-state index in [1.807, 2.05) is 0 Å². The van der Waals surface area contributed by atoms with Crippen molar-refractivity contribution in [3.8, 4) is 0 Å². The van der Waals surface area contributed by atoms with Gasteiger partial charge < -0.3 is 5.11 Å². The van der Waals surface area contributed by atoms with Crippen LogP contribution in [-0.4, -0.2) is 11.2 Å². The molecule has 0 spiro atoms. The van der Waals surface area contributed by atoms with Crippen LogP contribution in [0.25, 0.3) is 0 Å². The number of hydrogen-bond acceptors (Lipinski definition) is 1. The third kappa shape index (κ3) is 3.58. The van der Waals surface area contributed by atoms with Crippen molar-refractivity contribution in [3.05, 3.63) is 35.4 Å². The summed E-state index contributed by atoms with van der Waals surface area (Å²) in [5.41, 5.74) is 2.71. The smallest absolute Gasteiger partial charge is 0.0571 e. The molecule has 1 heteroatoms. The van der Waals surface area contributed by atoms with Gasteiger partial charge in [-0.15, -0.1) is 0 Å². The second-order valence-electron chi connectivity index (χ2n) is 5.99. The fourth-order valence-corrected chi connectivity index (χ4v) is 3.38. The second kappa shape index (κ2) is 6.38. The quantitative estimate of drug-likeness (QED) is 0.847. The first-order chi connectivity index (χ1) is 8.69. The zero-order valence-electron chi connectivity index (χ0n) is 11.7. The summed E-state index contributed by atoms with van der Waals surface area (Å²) >= 11 is 0. The van der Waals surface area contributed by atoms with E-state index in [4.69, 9.17) is 0 Å². The van der Waals surface area contributed by atoms with Crippen LogP contribution >= 0.6 is 0 Å². The Balaban J connectivity index is 1.98. The van der Waals surface area contributed by atoms with Crippen molar-refractivity contribution in [1.82, 2.24) is 0 Å². The van der Waals surface area contributed by atoms with Crippen molar-refractivity contribution in [3.63, 3.8) is 0 Å². The van der Waals surface area contributed by atoms with E-state index in [0.29, 0.717) is 5.92 Å². The van der Waals surface area contributed by atoms with Gasteiger partial charge in [0.05, 0.1) is 6.10 Å². The average molecular weight is 246 g/mol. The molecule has 0 aromatic heterocycles. The fourth-order valence-electron chi connectivity index (χ4n) is 3.38. The minimum absolute atomic E-state index is 0.0846. The van der Waals surface area contributed by atoms with Gasteiger partial charge in [-0.05, 0) is 50.0 Å². The van der Waals surface area contributed by atoms with E-state index >= 15 is 0 Å². The molecule has 3 atom stereocenters. The number of aliphatic hydroxyl groups excluding tert-OH is 1. The van der Waals surface area contributed by atoms with Gasteiger partial charge in [-0.1, -0.05) is 49.6 Å². The molecule has 0 amide bonds. The van der Waals surface area contributed by atoms with Crippen LogP contribution in [-0.2, 0) is 6.42 Å². The van der Waals surface area contributed by atoms with E-state index in [9.17, 15) is 5.11 Å². The molecule has 18 heavy (non-hydrogen) atoms. The molecule has 1 aliphatic carbocycles. The van der Waals surface area contributed by atoms with E-state index in [1.165, 1.54) is 36.8 Å². The number of hydrogen-bond donors (Lipinski definition) is 1. The van der Waals surface area contributed by atoms with Crippen LogP contribution in [0, 0.1) is 18.8 Å². The lowest BCUT2D eigenvalue weighted by atomic mass is 9.75. The number of benzene rings is 1. The fraction of sp³-hybridized carbons (Fsp3) is 0.647. The Bertz CT molecular complexity index is 372. The van der Waals surface area contributed by atoms with Gasteiger partial charge in [0.1, 0.15) is 0 Å². The van der Waals surface area contributed by atoms with Gasteiger partial charge in [-0.3, -0.25) is 0 Å². The van der Waals surface area contributed by atoms with E-state index in [0.717, 1.165) is 18.8 Å². The van der Waals surface area contributed by atoms with E-state index in [2.05, 4.69) is 38.1 Å². The first-order valence-electron chi connectivity index (χ1n) is 7.42. The molecule has 1 saturated carbocycles. The van der Waals surface area contributed by atoms with Crippen LogP contribution in [0.4, 0.5) is 0 Å². The largest absolute Gasteiger partial charge is 0.393 e. The minimum Gasteiger partial charge on any atom is -0.393 e. The summed E-state index contributed by atoms with van der Waals surface area (Å²) in [6.45, 7) is 4.40. The molecule has 1 nitrogen and oxygen atoms in total. The van der Waals surface area contributed by atoms with Crippen molar-refractivity contribution in [1.29, 1.82) is 0 Å². The van der Waals surface area contributed by atoms with Gasteiger partial charge in [0.2, 0.25) is 0 Å². The summed E-state index contributed by atoms with van der Waals surface area (Å²) in [6.07, 6.45) is 7.00. The molecule has 0 saturated heterocycles. The third-order valence-electron chi connectivity index (χ3n) is 4.33. The molecule has 2 rings (SSSR count). The Hall–Kier alpha value is -0.820. The molecule has 1 aliphatic rings. The molecule has 1 N–H and O–H groups in total. The van der Waals surface area contributed by atoms with Gasteiger partial charge >= 0.3 is 0 Å². The Morgan fingerprint density at radius 2 is 2.11 bits per heavy atom. The van der Waals surface area contributed by atoms with E-state index < -0.39 is 0 Å². The number of rotatable bonds is 4. The van der Waals surface area contributed by atoms with Crippen LogP contribution in [0.15, 0.2) is 24.3 Å². The Kier molecular flexibility index (Phi) is 4.82. The third-order valence-corrected chi connectivity index (χ3v) is 4.33. The topological polar surface area (TPSA) is 20.2 Å². The van der Waals surface area contributed by atoms with Gasteiger partial charge in [0, 0.05) is 0 Å². The molecular formula is C17H26O. The predicted molar refractivity (Wildman–Crippen MR) is 76.6 cm³/mol. The molecule has 1 fully saturated rings. The van der Waals surface area contributed by atoms with E-state index in [-0.39, 0.29) is 6.10 Å². The summed E-state index contributed by atoms with van der Waals surface area (Å²) in [5.74, 6) is 1.31. The summed E-state index contributed by atoms with van der Waals surface area (Å²) < 4.78 is 0. The van der Waals surface area contributed by atoms with E-state index in [1.54, 1.807) is 0 Å². The Labute approximate surface area is 111 Å². The average Bonchev–Trinajstić information content (AvgIpc) is 2.34. The van der Waals surface area contributed by atoms with Crippen LogP contribution in [0.5, 0.6) is 0 Å². The first kappa shape index (κ1) is 13.6. The summed E-state index contributed by atoms with van der Waals surface area (Å²) in [6, 6.07) is 8.73. The van der Waals surface area contributed by atoms with Crippen molar-refractivity contribution in [2.45, 2.75) is 58.5 Å². The SMILES string of the molecule is CCCC1CCC(O)C(Cc2cccc(C)c2)C1. The zero-order valence-corrected chi connectivity index (χ0v) is 11.7. The van der Waals surface area contributed by atoms with Gasteiger partial charge in [-0.25, -0.2) is 0 Å². The van der Waals surface area contributed by atoms with Crippen molar-refractivity contribution in [2.75, 3.05) is 0 Å². The van der Waals surface area contributed by atoms with Crippen molar-refractivity contribution < 1.29 is 5.11 Å². The number of aliphatic hydroxyl groups is 1. The molecular weight excluding hydrogens is 220 g/mol. The lowest BCUT2D eigenvalue weighted by molar-refractivity contribution is 0.0463. The highest BCUT2D eigenvalue weighted by Crippen LogP contribution is 2.34. The molecule has 1 aromatic carbocycles. The van der Waals surface area contributed by atoms with Crippen LogP contribution in [0.1, 0.15) is 50.2 Å². The maximum atomic E-state index is 10.2. The molecule has 3 unspecified atom stereocenters. The first-order valence-corrected chi connectivity index (χ1v) is 7.42. The normalized spacial score (nSPS) is 28.3. The molecule has 0 bridgehead atoms. The van der Waals surface area contributed by atoms with Crippen LogP contribution in [0.2, 0.25) is 0 Å². The lowest BCUT2D eigenvalue weighted by Crippen LogP contribution is -2.30. The minimum atomic E-state index is -0.0846. The van der Waals surface area contributed by atoms with Crippen LogP contribution < -0.4 is 0 Å². The predicted octanol–water partition coefficient (Wildman–Crippen LogP) is 4.11. The maximum absolute atomic E-state index is 10.2. The number of aryl methyl sites for hydroxylation is 1. The highest BCUT2D eigenvalue weighted by atomic mass is 16.3. The molecule has 0 heterocycles. The maximum Gasteiger partial charge on any atom is 0.0571 e. The van der Waals surface area contributed by atoms with Crippen LogP contribution in [0.3, 0.4) is 0 Å². The van der Waals surface area contributed by atoms with Crippen molar-refractivity contribution >= 4 is 0 Å². The zero-order chi connectivity index (χ0) is 13.0. The molecule has 1 aromatic rings. The Morgan fingerprint density at radius 3 is 2.83 bits per heavy atom. The highest BCUT2D eigenvalue weighted by molar-refractivity contribution is 5.22. The summed E-state index contributed by atoms with van der Waals surface area (Å²) in [7, 11) is 0. The molecule has 0 radical (unpaired) electrons. The summed E-state index contributed by atoms with van der Waals surface area (Å²) in [4.78, 5) is 0. The van der Waals surface area contributed by atoms with Gasteiger partial charge in [0.15, 0.2) is 0 Å². The highest BCUT2D eigenvalue weighted by Gasteiger charge is 2.28. The molecule has 0 aliphatic heterocycles. The van der Waals surface area contributed by atoms with Gasteiger partial charge in [0.25, 0.3) is 0 Å². The molecule has 100 valence electrons. The monoisotopic (exact) mass is 246 g/mol. The summed E-state index contributed by atoms with van der Waals surface area (Å²) in [5, 5.41) is 10.2. The lowest BCUT2D eigenvalue weighted by Gasteiger charge is -2.33. The standard InChI is InChI=1S/C17H26O/c1-3-5-14-8-9-17(18)16(11-14)12-15-7-4-6-13(2)10-15/h4,6-7,10,14,16-18H,3,5,8-9,11-12H2,1-2H3.